The predicted octanol–water partition coefficient (Wildman–Crippen LogP) is 2.43. The number of aryl methyl sites for hydroxylation is 1. The second kappa shape index (κ2) is 5.64. The molecule has 0 atom stereocenters. The fraction of sp³-hybridized carbons (Fsp3) is 0.143. The quantitative estimate of drug-likeness (QED) is 0.905. The minimum atomic E-state index is -0.813. The number of pyridine rings is 1. The van der Waals surface area contributed by atoms with Crippen molar-refractivity contribution in [3.05, 3.63) is 53.4 Å². The van der Waals surface area contributed by atoms with Crippen molar-refractivity contribution >= 4 is 17.3 Å². The molecule has 0 fully saturated rings. The summed E-state index contributed by atoms with van der Waals surface area (Å²) in [5, 5.41) is 2.22. The van der Waals surface area contributed by atoms with Crippen LogP contribution in [0.1, 0.15) is 11.3 Å². The van der Waals surface area contributed by atoms with Crippen LogP contribution in [-0.4, -0.2) is 10.9 Å². The van der Waals surface area contributed by atoms with Gasteiger partial charge in [0.25, 0.3) is 0 Å². The smallest absolute Gasteiger partial charge is 0.230 e. The monoisotopic (exact) mass is 277 g/mol. The van der Waals surface area contributed by atoms with Gasteiger partial charge in [-0.2, -0.15) is 0 Å². The Labute approximate surface area is 114 Å². The fourth-order valence-electron chi connectivity index (χ4n) is 1.66. The lowest BCUT2D eigenvalue weighted by Crippen LogP contribution is -2.17. The van der Waals surface area contributed by atoms with Crippen LogP contribution in [0.4, 0.5) is 20.2 Å². The molecule has 0 radical (unpaired) electrons. The number of nitrogens with zero attached hydrogens (tertiary/aromatic N) is 1. The molecule has 0 spiro atoms. The van der Waals surface area contributed by atoms with Crippen LogP contribution in [0, 0.1) is 18.6 Å². The van der Waals surface area contributed by atoms with E-state index in [-0.39, 0.29) is 12.0 Å². The normalized spacial score (nSPS) is 10.3. The van der Waals surface area contributed by atoms with E-state index in [4.69, 9.17) is 5.73 Å². The molecule has 0 saturated carbocycles. The van der Waals surface area contributed by atoms with Gasteiger partial charge in [-0.25, -0.2) is 8.78 Å². The van der Waals surface area contributed by atoms with Crippen LogP contribution in [0.15, 0.2) is 30.5 Å². The van der Waals surface area contributed by atoms with Gasteiger partial charge in [0.1, 0.15) is 11.5 Å². The number of rotatable bonds is 3. The Hall–Kier alpha value is -2.50. The number of carbonyl (C=O) groups excluding carboxylic acids is 1. The SMILES string of the molecule is Cc1ccc(F)c(NC(=O)Cc2ccc(N)cn2)c1F. The maximum Gasteiger partial charge on any atom is 0.230 e. The molecule has 0 bridgehead atoms. The summed E-state index contributed by atoms with van der Waals surface area (Å²) in [6.45, 7) is 1.49. The Morgan fingerprint density at radius 3 is 2.70 bits per heavy atom. The third-order valence-electron chi connectivity index (χ3n) is 2.74. The molecule has 0 saturated heterocycles. The molecule has 2 rings (SSSR count). The summed E-state index contributed by atoms with van der Waals surface area (Å²) in [5.74, 6) is -2.14. The summed E-state index contributed by atoms with van der Waals surface area (Å²) in [7, 11) is 0. The molecule has 20 heavy (non-hydrogen) atoms. The van der Waals surface area contributed by atoms with E-state index in [1.165, 1.54) is 19.2 Å². The zero-order valence-corrected chi connectivity index (χ0v) is 10.8. The van der Waals surface area contributed by atoms with Gasteiger partial charge in [0.15, 0.2) is 5.82 Å². The Morgan fingerprint density at radius 1 is 1.30 bits per heavy atom. The molecule has 1 aromatic carbocycles. The first-order chi connectivity index (χ1) is 9.47. The highest BCUT2D eigenvalue weighted by Gasteiger charge is 2.14. The van der Waals surface area contributed by atoms with Gasteiger partial charge in [0, 0.05) is 5.69 Å². The van der Waals surface area contributed by atoms with Crippen molar-refractivity contribution < 1.29 is 13.6 Å². The maximum absolute atomic E-state index is 13.7. The first-order valence-electron chi connectivity index (χ1n) is 5.92. The molecule has 0 aliphatic carbocycles. The summed E-state index contributed by atoms with van der Waals surface area (Å²) >= 11 is 0. The van der Waals surface area contributed by atoms with Gasteiger partial charge in [-0.3, -0.25) is 9.78 Å². The minimum absolute atomic E-state index is 0.0902. The van der Waals surface area contributed by atoms with Gasteiger partial charge in [-0.05, 0) is 30.7 Å². The highest BCUT2D eigenvalue weighted by Crippen LogP contribution is 2.21. The van der Waals surface area contributed by atoms with Gasteiger partial charge in [0.2, 0.25) is 5.91 Å². The van der Waals surface area contributed by atoms with E-state index in [0.29, 0.717) is 11.4 Å². The van der Waals surface area contributed by atoms with Crippen LogP contribution < -0.4 is 11.1 Å². The second-order valence-electron chi connectivity index (χ2n) is 4.36. The molecule has 6 heteroatoms. The van der Waals surface area contributed by atoms with E-state index in [1.54, 1.807) is 12.1 Å². The van der Waals surface area contributed by atoms with Gasteiger partial charge in [-0.1, -0.05) is 6.07 Å². The van der Waals surface area contributed by atoms with Crippen LogP contribution in [0.25, 0.3) is 0 Å². The Balaban J connectivity index is 2.12. The predicted molar refractivity (Wildman–Crippen MR) is 72.1 cm³/mol. The standard InChI is InChI=1S/C14H13F2N3O/c1-8-2-5-11(15)14(13(8)16)19-12(20)6-10-4-3-9(17)7-18-10/h2-5,7H,6,17H2,1H3,(H,19,20). The highest BCUT2D eigenvalue weighted by molar-refractivity contribution is 5.92. The molecule has 4 nitrogen and oxygen atoms in total. The Morgan fingerprint density at radius 2 is 2.05 bits per heavy atom. The van der Waals surface area contributed by atoms with Crippen LogP contribution in [-0.2, 0) is 11.2 Å². The molecule has 2 aromatic rings. The number of nitrogen functional groups attached to an aromatic ring is 1. The Bertz CT molecular complexity index is 642. The Kier molecular flexibility index (Phi) is 3.93. The molecule has 0 unspecified atom stereocenters. The first-order valence-corrected chi connectivity index (χ1v) is 5.92. The topological polar surface area (TPSA) is 68.0 Å². The fourth-order valence-corrected chi connectivity index (χ4v) is 1.66. The number of anilines is 2. The van der Waals surface area contributed by atoms with Crippen LogP contribution in [0.5, 0.6) is 0 Å². The number of nitrogens with one attached hydrogen (secondary N) is 1. The van der Waals surface area contributed by atoms with E-state index in [9.17, 15) is 13.6 Å². The van der Waals surface area contributed by atoms with E-state index >= 15 is 0 Å². The van der Waals surface area contributed by atoms with E-state index in [1.807, 2.05) is 0 Å². The van der Waals surface area contributed by atoms with E-state index < -0.39 is 23.2 Å². The largest absolute Gasteiger partial charge is 0.397 e. The van der Waals surface area contributed by atoms with Crippen molar-refractivity contribution in [2.75, 3.05) is 11.1 Å². The second-order valence-corrected chi connectivity index (χ2v) is 4.36. The zero-order valence-electron chi connectivity index (χ0n) is 10.8. The lowest BCUT2D eigenvalue weighted by Gasteiger charge is -2.09. The molecule has 1 aromatic heterocycles. The molecular weight excluding hydrogens is 264 g/mol. The molecule has 0 aliphatic rings. The molecular formula is C14H13F2N3O. The van der Waals surface area contributed by atoms with E-state index in [0.717, 1.165) is 6.07 Å². The third kappa shape index (κ3) is 3.09. The number of benzene rings is 1. The third-order valence-corrected chi connectivity index (χ3v) is 2.74. The zero-order chi connectivity index (χ0) is 14.7. The van der Waals surface area contributed by atoms with Gasteiger partial charge in [0.05, 0.1) is 18.3 Å². The molecule has 1 amide bonds. The first kappa shape index (κ1) is 13.9. The summed E-state index contributed by atoms with van der Waals surface area (Å²) in [6.07, 6.45) is 1.32. The average Bonchev–Trinajstić information content (AvgIpc) is 2.42. The maximum atomic E-state index is 13.7. The average molecular weight is 277 g/mol. The van der Waals surface area contributed by atoms with Gasteiger partial charge >= 0.3 is 0 Å². The summed E-state index contributed by atoms with van der Waals surface area (Å²) < 4.78 is 27.2. The number of hydrogen-bond acceptors (Lipinski definition) is 3. The molecule has 0 aliphatic heterocycles. The van der Waals surface area contributed by atoms with Gasteiger partial charge in [-0.15, -0.1) is 0 Å². The summed E-state index contributed by atoms with van der Waals surface area (Å²) in [5.41, 5.74) is 6.23. The van der Waals surface area contributed by atoms with Crippen molar-refractivity contribution in [2.45, 2.75) is 13.3 Å². The summed E-state index contributed by atoms with van der Waals surface area (Å²) in [4.78, 5) is 15.7. The van der Waals surface area contributed by atoms with Crippen molar-refractivity contribution in [3.8, 4) is 0 Å². The summed E-state index contributed by atoms with van der Waals surface area (Å²) in [6, 6.07) is 5.60. The van der Waals surface area contributed by atoms with Crippen molar-refractivity contribution in [1.82, 2.24) is 4.98 Å². The molecule has 3 N–H and O–H groups in total. The number of nitrogens with two attached hydrogens (primary N) is 1. The van der Waals surface area contributed by atoms with Crippen molar-refractivity contribution in [2.24, 2.45) is 0 Å². The number of hydrogen-bond donors (Lipinski definition) is 2. The number of halogens is 2. The van der Waals surface area contributed by atoms with Crippen molar-refractivity contribution in [1.29, 1.82) is 0 Å². The van der Waals surface area contributed by atoms with Gasteiger partial charge < -0.3 is 11.1 Å². The number of aromatic nitrogens is 1. The lowest BCUT2D eigenvalue weighted by atomic mass is 10.2. The van der Waals surface area contributed by atoms with Crippen LogP contribution >= 0.6 is 0 Å². The van der Waals surface area contributed by atoms with Crippen LogP contribution in [0.2, 0.25) is 0 Å². The van der Waals surface area contributed by atoms with Crippen molar-refractivity contribution in [3.63, 3.8) is 0 Å². The molecule has 1 heterocycles. The number of amides is 1. The molecule has 104 valence electrons. The minimum Gasteiger partial charge on any atom is -0.397 e. The van der Waals surface area contributed by atoms with Crippen LogP contribution in [0.3, 0.4) is 0 Å². The highest BCUT2D eigenvalue weighted by atomic mass is 19.1. The number of carbonyl (C=O) groups is 1. The lowest BCUT2D eigenvalue weighted by molar-refractivity contribution is -0.115. The van der Waals surface area contributed by atoms with E-state index in [2.05, 4.69) is 10.3 Å².